The van der Waals surface area contributed by atoms with Crippen LogP contribution >= 0.6 is 0 Å². The SMILES string of the molecule is CCN(CC(=O)NC(C)C)C(=O)COC(=O)c1cc([N+](=O)[O-])ccc1N1CCOCC1. The summed E-state index contributed by atoms with van der Waals surface area (Å²) in [6.07, 6.45) is 0. The van der Waals surface area contributed by atoms with Crippen molar-refractivity contribution < 1.29 is 28.8 Å². The summed E-state index contributed by atoms with van der Waals surface area (Å²) in [6, 6.07) is 3.90. The monoisotopic (exact) mass is 436 g/mol. The lowest BCUT2D eigenvalue weighted by Crippen LogP contribution is -2.44. The van der Waals surface area contributed by atoms with Crippen LogP contribution in [0.1, 0.15) is 31.1 Å². The Bertz CT molecular complexity index is 822. The number of esters is 1. The minimum Gasteiger partial charge on any atom is -0.452 e. The highest BCUT2D eigenvalue weighted by molar-refractivity contribution is 5.98. The minimum absolute atomic E-state index is 0.00417. The van der Waals surface area contributed by atoms with E-state index in [9.17, 15) is 24.5 Å². The molecule has 0 radical (unpaired) electrons. The van der Waals surface area contributed by atoms with Gasteiger partial charge in [0, 0.05) is 37.8 Å². The number of hydrogen-bond donors (Lipinski definition) is 1. The number of hydrogen-bond acceptors (Lipinski definition) is 8. The molecule has 170 valence electrons. The zero-order valence-corrected chi connectivity index (χ0v) is 18.0. The number of anilines is 1. The van der Waals surface area contributed by atoms with E-state index in [0.717, 1.165) is 6.07 Å². The maximum atomic E-state index is 12.7. The number of likely N-dealkylation sites (N-methyl/N-ethyl adjacent to an activating group) is 1. The first-order valence-electron chi connectivity index (χ1n) is 10.1. The quantitative estimate of drug-likeness (QED) is 0.344. The van der Waals surface area contributed by atoms with E-state index in [-0.39, 0.29) is 36.3 Å². The Kier molecular flexibility index (Phi) is 8.74. The van der Waals surface area contributed by atoms with Gasteiger partial charge in [-0.25, -0.2) is 4.79 Å². The molecule has 1 aliphatic rings. The first-order valence-corrected chi connectivity index (χ1v) is 10.1. The third-order valence-electron chi connectivity index (χ3n) is 4.61. The van der Waals surface area contributed by atoms with Gasteiger partial charge in [0.05, 0.1) is 35.9 Å². The normalized spacial score (nSPS) is 13.6. The number of carbonyl (C=O) groups excluding carboxylic acids is 3. The molecule has 0 saturated carbocycles. The molecule has 0 aliphatic carbocycles. The van der Waals surface area contributed by atoms with Crippen LogP contribution in [0.5, 0.6) is 0 Å². The Morgan fingerprint density at radius 3 is 2.55 bits per heavy atom. The Morgan fingerprint density at radius 2 is 1.97 bits per heavy atom. The zero-order valence-electron chi connectivity index (χ0n) is 18.0. The standard InChI is InChI=1S/C20H28N4O7/c1-4-22(12-18(25)21-14(2)3)19(26)13-31-20(27)16-11-15(24(28)29)5-6-17(16)23-7-9-30-10-8-23/h5-6,11,14H,4,7-10,12-13H2,1-3H3,(H,21,25). The van der Waals surface area contributed by atoms with E-state index in [4.69, 9.17) is 9.47 Å². The molecule has 0 unspecified atom stereocenters. The fourth-order valence-corrected chi connectivity index (χ4v) is 3.09. The summed E-state index contributed by atoms with van der Waals surface area (Å²) in [4.78, 5) is 50.8. The predicted molar refractivity (Wildman–Crippen MR) is 112 cm³/mol. The van der Waals surface area contributed by atoms with E-state index in [1.807, 2.05) is 18.7 Å². The van der Waals surface area contributed by atoms with Gasteiger partial charge >= 0.3 is 5.97 Å². The maximum Gasteiger partial charge on any atom is 0.341 e. The molecule has 31 heavy (non-hydrogen) atoms. The fraction of sp³-hybridized carbons (Fsp3) is 0.550. The summed E-state index contributed by atoms with van der Waals surface area (Å²) in [7, 11) is 0. The first kappa shape index (κ1) is 24.1. The van der Waals surface area contributed by atoms with Crippen LogP contribution in [0.15, 0.2) is 18.2 Å². The van der Waals surface area contributed by atoms with Crippen LogP contribution in [0.25, 0.3) is 0 Å². The van der Waals surface area contributed by atoms with E-state index in [2.05, 4.69) is 5.32 Å². The van der Waals surface area contributed by atoms with E-state index in [1.54, 1.807) is 6.92 Å². The second kappa shape index (κ2) is 11.3. The van der Waals surface area contributed by atoms with Crippen molar-refractivity contribution in [3.63, 3.8) is 0 Å². The molecule has 1 aromatic carbocycles. The fourth-order valence-electron chi connectivity index (χ4n) is 3.09. The maximum absolute atomic E-state index is 12.7. The van der Waals surface area contributed by atoms with Crippen molar-refractivity contribution in [2.75, 3.05) is 50.9 Å². The molecule has 1 heterocycles. The average Bonchev–Trinajstić information content (AvgIpc) is 2.75. The number of morpholine rings is 1. The molecule has 0 bridgehead atoms. The number of nitro groups is 1. The summed E-state index contributed by atoms with van der Waals surface area (Å²) in [5.74, 6) is -1.70. The second-order valence-electron chi connectivity index (χ2n) is 7.26. The number of nitrogens with one attached hydrogen (secondary N) is 1. The lowest BCUT2D eigenvalue weighted by Gasteiger charge is -2.30. The van der Waals surface area contributed by atoms with E-state index in [1.165, 1.54) is 17.0 Å². The van der Waals surface area contributed by atoms with Gasteiger partial charge < -0.3 is 24.6 Å². The molecule has 1 aromatic rings. The van der Waals surface area contributed by atoms with Gasteiger partial charge in [0.1, 0.15) is 0 Å². The number of nitrogens with zero attached hydrogens (tertiary/aromatic N) is 3. The van der Waals surface area contributed by atoms with Gasteiger partial charge in [-0.05, 0) is 26.8 Å². The smallest absolute Gasteiger partial charge is 0.341 e. The summed E-state index contributed by atoms with van der Waals surface area (Å²) in [5, 5.41) is 13.9. The van der Waals surface area contributed by atoms with Gasteiger partial charge in [-0.2, -0.15) is 0 Å². The molecular weight excluding hydrogens is 408 g/mol. The topological polar surface area (TPSA) is 131 Å². The predicted octanol–water partition coefficient (Wildman–Crippen LogP) is 0.961. The van der Waals surface area contributed by atoms with E-state index < -0.39 is 23.4 Å². The van der Waals surface area contributed by atoms with Crippen LogP contribution in [-0.4, -0.2) is 79.6 Å². The second-order valence-corrected chi connectivity index (χ2v) is 7.26. The van der Waals surface area contributed by atoms with Gasteiger partial charge in [-0.3, -0.25) is 19.7 Å². The van der Waals surface area contributed by atoms with Gasteiger partial charge in [0.15, 0.2) is 6.61 Å². The highest BCUT2D eigenvalue weighted by Crippen LogP contribution is 2.27. The van der Waals surface area contributed by atoms with Gasteiger partial charge in [0.25, 0.3) is 11.6 Å². The number of rotatable bonds is 9. The number of ether oxygens (including phenoxy) is 2. The van der Waals surface area contributed by atoms with Crippen LogP contribution in [0.2, 0.25) is 0 Å². The largest absolute Gasteiger partial charge is 0.452 e. The molecule has 11 nitrogen and oxygen atoms in total. The summed E-state index contributed by atoms with van der Waals surface area (Å²) < 4.78 is 10.5. The third-order valence-corrected chi connectivity index (χ3v) is 4.61. The number of nitro benzene ring substituents is 1. The van der Waals surface area contributed by atoms with Crippen LogP contribution in [0.4, 0.5) is 11.4 Å². The van der Waals surface area contributed by atoms with Crippen molar-refractivity contribution in [1.29, 1.82) is 0 Å². The Morgan fingerprint density at radius 1 is 1.29 bits per heavy atom. The number of amides is 2. The lowest BCUT2D eigenvalue weighted by atomic mass is 10.1. The van der Waals surface area contributed by atoms with Crippen molar-refractivity contribution >= 4 is 29.2 Å². The molecule has 11 heteroatoms. The first-order chi connectivity index (χ1) is 14.7. The van der Waals surface area contributed by atoms with Gasteiger partial charge in [-0.15, -0.1) is 0 Å². The number of carbonyl (C=O) groups is 3. The molecule has 1 aliphatic heterocycles. The van der Waals surface area contributed by atoms with Crippen molar-refractivity contribution in [2.45, 2.75) is 26.8 Å². The average molecular weight is 436 g/mol. The molecule has 0 atom stereocenters. The molecule has 2 amide bonds. The molecule has 1 fully saturated rings. The number of benzene rings is 1. The summed E-state index contributed by atoms with van der Waals surface area (Å²) in [5.41, 5.74) is 0.232. The zero-order chi connectivity index (χ0) is 23.0. The number of non-ortho nitro benzene ring substituents is 1. The molecule has 2 rings (SSSR count). The molecular formula is C20H28N4O7. The van der Waals surface area contributed by atoms with Crippen LogP contribution in [0, 0.1) is 10.1 Å². The van der Waals surface area contributed by atoms with E-state index >= 15 is 0 Å². The molecule has 1 saturated heterocycles. The van der Waals surface area contributed by atoms with Gasteiger partial charge in [-0.1, -0.05) is 0 Å². The Hall–Kier alpha value is -3.21. The Labute approximate surface area is 180 Å². The van der Waals surface area contributed by atoms with Crippen molar-refractivity contribution in [3.05, 3.63) is 33.9 Å². The van der Waals surface area contributed by atoms with Crippen LogP contribution in [0.3, 0.4) is 0 Å². The summed E-state index contributed by atoms with van der Waals surface area (Å²) >= 11 is 0. The van der Waals surface area contributed by atoms with Crippen LogP contribution < -0.4 is 10.2 Å². The van der Waals surface area contributed by atoms with Crippen molar-refractivity contribution in [1.82, 2.24) is 10.2 Å². The highest BCUT2D eigenvalue weighted by Gasteiger charge is 2.24. The van der Waals surface area contributed by atoms with Crippen molar-refractivity contribution in [2.24, 2.45) is 0 Å². The molecule has 0 spiro atoms. The van der Waals surface area contributed by atoms with Gasteiger partial charge in [0.2, 0.25) is 5.91 Å². The molecule has 1 N–H and O–H groups in total. The lowest BCUT2D eigenvalue weighted by molar-refractivity contribution is -0.384. The van der Waals surface area contributed by atoms with Crippen LogP contribution in [-0.2, 0) is 19.1 Å². The highest BCUT2D eigenvalue weighted by atomic mass is 16.6. The van der Waals surface area contributed by atoms with Crippen molar-refractivity contribution in [3.8, 4) is 0 Å². The van der Waals surface area contributed by atoms with E-state index in [0.29, 0.717) is 32.0 Å². The molecule has 0 aromatic heterocycles. The summed E-state index contributed by atoms with van der Waals surface area (Å²) in [6.45, 7) is 6.83. The Balaban J connectivity index is 2.10. The minimum atomic E-state index is -0.846. The third kappa shape index (κ3) is 6.92.